The van der Waals surface area contributed by atoms with Crippen LogP contribution in [0.25, 0.3) is 39.4 Å². The second-order valence-electron chi connectivity index (χ2n) is 9.67. The highest BCUT2D eigenvalue weighted by Crippen LogP contribution is 2.34. The summed E-state index contributed by atoms with van der Waals surface area (Å²) in [7, 11) is 0. The lowest BCUT2D eigenvalue weighted by Crippen LogP contribution is -2.23. The Morgan fingerprint density at radius 2 is 1.85 bits per heavy atom. The summed E-state index contributed by atoms with van der Waals surface area (Å²) in [5, 5.41) is 9.44. The molecule has 0 spiro atoms. The number of benzene rings is 3. The number of hydrogen-bond acceptors (Lipinski definition) is 7. The smallest absolute Gasteiger partial charge is 0.291 e. The van der Waals surface area contributed by atoms with E-state index in [2.05, 4.69) is 23.1 Å². The summed E-state index contributed by atoms with van der Waals surface area (Å²) in [5.74, 6) is 2.20. The minimum absolute atomic E-state index is 0.156. The number of para-hydroxylation sites is 1. The van der Waals surface area contributed by atoms with Crippen LogP contribution in [0.2, 0.25) is 0 Å². The molecule has 3 aromatic carbocycles. The van der Waals surface area contributed by atoms with Crippen LogP contribution in [0.4, 0.5) is 0 Å². The molecule has 6 aromatic rings. The second-order valence-corrected chi connectivity index (χ2v) is 10.7. The molecule has 198 valence electrons. The van der Waals surface area contributed by atoms with Crippen LogP contribution >= 0.6 is 11.3 Å². The van der Waals surface area contributed by atoms with E-state index in [9.17, 15) is 4.79 Å². The lowest BCUT2D eigenvalue weighted by Gasteiger charge is -2.04. The third-order valence-corrected chi connectivity index (χ3v) is 7.78. The Morgan fingerprint density at radius 3 is 2.62 bits per heavy atom. The zero-order valence-corrected chi connectivity index (χ0v) is 22.8. The van der Waals surface area contributed by atoms with E-state index < -0.39 is 0 Å². The van der Waals surface area contributed by atoms with Gasteiger partial charge in [0.15, 0.2) is 5.82 Å². The van der Waals surface area contributed by atoms with Crippen molar-refractivity contribution in [2.45, 2.75) is 26.4 Å². The molecule has 9 heteroatoms. The molecule has 0 N–H and O–H groups in total. The quantitative estimate of drug-likeness (QED) is 0.294. The van der Waals surface area contributed by atoms with Gasteiger partial charge >= 0.3 is 0 Å². The summed E-state index contributed by atoms with van der Waals surface area (Å²) < 4.78 is 15.2. The van der Waals surface area contributed by atoms with Gasteiger partial charge in [0.05, 0.1) is 16.8 Å². The first-order chi connectivity index (χ1) is 19.6. The fraction of sp³-hybridized carbons (Fsp3) is 0.161. The van der Waals surface area contributed by atoms with Gasteiger partial charge in [0.2, 0.25) is 4.96 Å². The molecule has 1 aliphatic heterocycles. The van der Waals surface area contributed by atoms with Crippen molar-refractivity contribution < 1.29 is 9.47 Å². The summed E-state index contributed by atoms with van der Waals surface area (Å²) in [6, 6.07) is 23.7. The molecule has 0 aliphatic carbocycles. The van der Waals surface area contributed by atoms with Gasteiger partial charge in [-0.05, 0) is 80.1 Å². The van der Waals surface area contributed by atoms with E-state index in [0.717, 1.165) is 51.6 Å². The highest BCUT2D eigenvalue weighted by molar-refractivity contribution is 7.15. The summed E-state index contributed by atoms with van der Waals surface area (Å²) in [4.78, 5) is 18.6. The second kappa shape index (κ2) is 9.77. The van der Waals surface area contributed by atoms with Crippen LogP contribution in [0.5, 0.6) is 11.5 Å². The number of hydrogen-bond donors (Lipinski definition) is 0. The molecule has 0 bridgehead atoms. The van der Waals surface area contributed by atoms with Crippen molar-refractivity contribution in [2.75, 3.05) is 6.61 Å². The molecule has 1 unspecified atom stereocenters. The van der Waals surface area contributed by atoms with Crippen molar-refractivity contribution in [3.63, 3.8) is 0 Å². The van der Waals surface area contributed by atoms with Gasteiger partial charge in [0.1, 0.15) is 23.3 Å². The first kappa shape index (κ1) is 24.3. The van der Waals surface area contributed by atoms with E-state index in [1.807, 2.05) is 90.6 Å². The minimum Gasteiger partial charge on any atom is -0.494 e. The highest BCUT2D eigenvalue weighted by Gasteiger charge is 2.21. The Labute approximate surface area is 233 Å². The monoisotopic (exact) mass is 547 g/mol. The number of aromatic nitrogens is 5. The van der Waals surface area contributed by atoms with Gasteiger partial charge < -0.3 is 9.47 Å². The molecular weight excluding hydrogens is 522 g/mol. The highest BCUT2D eigenvalue weighted by atomic mass is 32.1. The predicted molar refractivity (Wildman–Crippen MR) is 155 cm³/mol. The van der Waals surface area contributed by atoms with Crippen molar-refractivity contribution in [3.8, 4) is 39.8 Å². The van der Waals surface area contributed by atoms with Crippen LogP contribution in [-0.4, -0.2) is 37.1 Å². The summed E-state index contributed by atoms with van der Waals surface area (Å²) in [6.45, 7) is 4.62. The Hall–Kier alpha value is -4.76. The molecule has 0 amide bonds. The largest absolute Gasteiger partial charge is 0.494 e. The molecule has 8 nitrogen and oxygen atoms in total. The van der Waals surface area contributed by atoms with E-state index in [-0.39, 0.29) is 11.7 Å². The molecule has 0 radical (unpaired) electrons. The van der Waals surface area contributed by atoms with Crippen LogP contribution in [0.3, 0.4) is 0 Å². The molecule has 7 rings (SSSR count). The van der Waals surface area contributed by atoms with Crippen molar-refractivity contribution in [1.82, 2.24) is 24.4 Å². The van der Waals surface area contributed by atoms with Gasteiger partial charge in [-0.2, -0.15) is 14.6 Å². The zero-order chi connectivity index (χ0) is 27.2. The fourth-order valence-corrected chi connectivity index (χ4v) is 5.86. The van der Waals surface area contributed by atoms with Crippen LogP contribution in [0.1, 0.15) is 25.0 Å². The molecule has 40 heavy (non-hydrogen) atoms. The molecule has 3 aromatic heterocycles. The van der Waals surface area contributed by atoms with Crippen LogP contribution < -0.4 is 19.6 Å². The van der Waals surface area contributed by atoms with Gasteiger partial charge in [0.25, 0.3) is 5.56 Å². The van der Waals surface area contributed by atoms with Gasteiger partial charge in [-0.25, -0.2) is 4.68 Å². The van der Waals surface area contributed by atoms with Crippen LogP contribution in [-0.2, 0) is 6.42 Å². The zero-order valence-electron chi connectivity index (χ0n) is 21.9. The van der Waals surface area contributed by atoms with Gasteiger partial charge in [-0.15, -0.1) is 5.10 Å². The first-order valence-electron chi connectivity index (χ1n) is 13.2. The van der Waals surface area contributed by atoms with Gasteiger partial charge in [-0.3, -0.25) is 4.79 Å². The summed E-state index contributed by atoms with van der Waals surface area (Å²) >= 11 is 1.31. The van der Waals surface area contributed by atoms with E-state index in [0.29, 0.717) is 21.9 Å². The first-order valence-corrected chi connectivity index (χ1v) is 14.0. The number of ether oxygens (including phenoxy) is 2. The van der Waals surface area contributed by atoms with E-state index >= 15 is 0 Å². The Balaban J connectivity index is 1.31. The maximum absolute atomic E-state index is 13.4. The van der Waals surface area contributed by atoms with Gasteiger partial charge in [0, 0.05) is 29.3 Å². The maximum Gasteiger partial charge on any atom is 0.291 e. The van der Waals surface area contributed by atoms with Crippen molar-refractivity contribution in [3.05, 3.63) is 105 Å². The van der Waals surface area contributed by atoms with E-state index in [4.69, 9.17) is 14.6 Å². The standard InChI is InChI=1S/C31H25N5O3S/c1-3-38-25-12-9-20(10-13-25)29-32-31-36(34-29)30(37)27(40-31)17-23-18-35(24-7-5-4-6-8-24)33-28(23)21-11-14-26-22(16-21)15-19(2)39-26/h4-14,16-19H,3,15H2,1-2H3/b27-17-. The lowest BCUT2D eigenvalue weighted by molar-refractivity contribution is 0.254. The third kappa shape index (κ3) is 4.34. The summed E-state index contributed by atoms with van der Waals surface area (Å²) in [6.07, 6.45) is 4.85. The number of fused-ring (bicyclic) bond motifs is 2. The van der Waals surface area contributed by atoms with Crippen molar-refractivity contribution in [1.29, 1.82) is 0 Å². The molecule has 0 saturated carbocycles. The van der Waals surface area contributed by atoms with E-state index in [1.165, 1.54) is 15.9 Å². The molecule has 4 heterocycles. The van der Waals surface area contributed by atoms with Gasteiger partial charge in [-0.1, -0.05) is 29.5 Å². The Kier molecular flexibility index (Phi) is 5.93. The average molecular weight is 548 g/mol. The normalized spacial score (nSPS) is 14.9. The number of nitrogens with zero attached hydrogens (tertiary/aromatic N) is 5. The molecular formula is C31H25N5O3S. The molecule has 1 atom stereocenters. The SMILES string of the molecule is CCOc1ccc(-c2nc3s/c(=C\c4cn(-c5ccccc5)nc4-c4ccc5c(c4)CC(C)O5)c(=O)n3n2)cc1. The van der Waals surface area contributed by atoms with Crippen molar-refractivity contribution in [2.24, 2.45) is 0 Å². The maximum atomic E-state index is 13.4. The van der Waals surface area contributed by atoms with Crippen molar-refractivity contribution >= 4 is 22.4 Å². The molecule has 0 fully saturated rings. The lowest BCUT2D eigenvalue weighted by atomic mass is 10.0. The van der Waals surface area contributed by atoms with Crippen LogP contribution in [0.15, 0.2) is 83.8 Å². The van der Waals surface area contributed by atoms with E-state index in [1.54, 1.807) is 0 Å². The Morgan fingerprint density at radius 1 is 1.05 bits per heavy atom. The third-order valence-electron chi connectivity index (χ3n) is 6.82. The molecule has 0 saturated heterocycles. The minimum atomic E-state index is -0.209. The average Bonchev–Trinajstić information content (AvgIpc) is 3.73. The molecule has 1 aliphatic rings. The Bertz CT molecular complexity index is 1960. The fourth-order valence-electron chi connectivity index (χ4n) is 4.96. The number of thiazole rings is 1. The predicted octanol–water partition coefficient (Wildman–Crippen LogP) is 4.94. The van der Waals surface area contributed by atoms with Crippen LogP contribution in [0, 0.1) is 0 Å². The summed E-state index contributed by atoms with van der Waals surface area (Å²) in [5.41, 5.74) is 5.32. The number of rotatable bonds is 6. The topological polar surface area (TPSA) is 83.5 Å².